The topological polar surface area (TPSA) is 59.1 Å². The van der Waals surface area contributed by atoms with Gasteiger partial charge in [0, 0.05) is 39.1 Å². The van der Waals surface area contributed by atoms with E-state index in [9.17, 15) is 9.59 Å². The third-order valence-electron chi connectivity index (χ3n) is 5.28. The predicted molar refractivity (Wildman–Crippen MR) is 85.0 cm³/mol. The Labute approximate surface area is 138 Å². The van der Waals surface area contributed by atoms with Crippen molar-refractivity contribution in [1.29, 1.82) is 0 Å². The van der Waals surface area contributed by atoms with Gasteiger partial charge in [-0.25, -0.2) is 4.79 Å². The van der Waals surface area contributed by atoms with E-state index in [1.54, 1.807) is 0 Å². The van der Waals surface area contributed by atoms with Crippen LogP contribution in [0.3, 0.4) is 0 Å². The van der Waals surface area contributed by atoms with Crippen molar-refractivity contribution in [1.82, 2.24) is 9.80 Å². The van der Waals surface area contributed by atoms with Gasteiger partial charge < -0.3 is 19.3 Å². The van der Waals surface area contributed by atoms with E-state index in [4.69, 9.17) is 9.47 Å². The summed E-state index contributed by atoms with van der Waals surface area (Å²) in [7, 11) is 0. The highest BCUT2D eigenvalue weighted by atomic mass is 16.6. The van der Waals surface area contributed by atoms with Crippen molar-refractivity contribution in [3.8, 4) is 0 Å². The van der Waals surface area contributed by atoms with Gasteiger partial charge in [0.2, 0.25) is 5.91 Å². The van der Waals surface area contributed by atoms with Gasteiger partial charge in [-0.1, -0.05) is 13.8 Å². The molecule has 0 aromatic rings. The molecule has 2 amide bonds. The minimum atomic E-state index is -0.378. The Morgan fingerprint density at radius 2 is 2.09 bits per heavy atom. The van der Waals surface area contributed by atoms with Crippen LogP contribution in [0.25, 0.3) is 0 Å². The first kappa shape index (κ1) is 16.6. The van der Waals surface area contributed by atoms with Crippen molar-refractivity contribution in [3.63, 3.8) is 0 Å². The summed E-state index contributed by atoms with van der Waals surface area (Å²) in [5.41, 5.74) is -0.378. The van der Waals surface area contributed by atoms with Crippen LogP contribution in [0.5, 0.6) is 0 Å². The van der Waals surface area contributed by atoms with Crippen LogP contribution in [0, 0.1) is 11.8 Å². The second-order valence-electron chi connectivity index (χ2n) is 7.54. The lowest BCUT2D eigenvalue weighted by molar-refractivity contribution is -0.138. The predicted octanol–water partition coefficient (Wildman–Crippen LogP) is 1.88. The van der Waals surface area contributed by atoms with E-state index in [1.165, 1.54) is 0 Å². The second kappa shape index (κ2) is 6.67. The summed E-state index contributed by atoms with van der Waals surface area (Å²) in [5, 5.41) is 0. The van der Waals surface area contributed by atoms with E-state index in [2.05, 4.69) is 13.8 Å². The van der Waals surface area contributed by atoms with Crippen LogP contribution in [-0.4, -0.2) is 66.8 Å². The minimum Gasteiger partial charge on any atom is -0.441 e. The lowest BCUT2D eigenvalue weighted by Crippen LogP contribution is -2.50. The Balaban J connectivity index is 1.52. The molecule has 3 aliphatic rings. The van der Waals surface area contributed by atoms with Crippen LogP contribution in [0.2, 0.25) is 0 Å². The molecular weight excluding hydrogens is 296 g/mol. The maximum Gasteiger partial charge on any atom is 0.410 e. The fraction of sp³-hybridized carbons (Fsp3) is 0.882. The first-order chi connectivity index (χ1) is 11.0. The molecule has 0 unspecified atom stereocenters. The summed E-state index contributed by atoms with van der Waals surface area (Å²) in [4.78, 5) is 28.3. The molecule has 3 saturated heterocycles. The number of ether oxygens (including phenoxy) is 2. The molecule has 3 fully saturated rings. The van der Waals surface area contributed by atoms with E-state index in [0.717, 1.165) is 32.2 Å². The number of carbonyl (C=O) groups excluding carboxylic acids is 2. The number of hydrogen-bond acceptors (Lipinski definition) is 4. The van der Waals surface area contributed by atoms with Gasteiger partial charge in [-0.3, -0.25) is 4.79 Å². The number of rotatable bonds is 4. The first-order valence-corrected chi connectivity index (χ1v) is 8.83. The van der Waals surface area contributed by atoms with E-state index < -0.39 is 0 Å². The van der Waals surface area contributed by atoms with Gasteiger partial charge >= 0.3 is 6.09 Å². The van der Waals surface area contributed by atoms with Crippen LogP contribution in [-0.2, 0) is 14.3 Å². The van der Waals surface area contributed by atoms with Gasteiger partial charge in [0.1, 0.15) is 5.60 Å². The summed E-state index contributed by atoms with van der Waals surface area (Å²) in [6.45, 7) is 8.37. The van der Waals surface area contributed by atoms with E-state index in [-0.39, 0.29) is 23.5 Å². The average Bonchev–Trinajstić information content (AvgIpc) is 3.14. The monoisotopic (exact) mass is 324 g/mol. The molecule has 0 N–H and O–H groups in total. The Hall–Kier alpha value is -1.30. The zero-order valence-electron chi connectivity index (χ0n) is 14.3. The minimum absolute atomic E-state index is 0.0257. The smallest absolute Gasteiger partial charge is 0.410 e. The van der Waals surface area contributed by atoms with Crippen LogP contribution in [0.4, 0.5) is 4.79 Å². The molecular formula is C17H28N2O4. The van der Waals surface area contributed by atoms with Gasteiger partial charge in [0.25, 0.3) is 0 Å². The number of hydrogen-bond donors (Lipinski definition) is 0. The van der Waals surface area contributed by atoms with Crippen molar-refractivity contribution in [3.05, 3.63) is 0 Å². The third kappa shape index (κ3) is 3.62. The number of nitrogens with zero attached hydrogens (tertiary/aromatic N) is 2. The molecule has 0 saturated carbocycles. The van der Waals surface area contributed by atoms with E-state index in [1.807, 2.05) is 9.80 Å². The van der Waals surface area contributed by atoms with Crippen molar-refractivity contribution in [2.75, 3.05) is 39.4 Å². The van der Waals surface area contributed by atoms with Crippen molar-refractivity contribution >= 4 is 12.0 Å². The fourth-order valence-electron chi connectivity index (χ4n) is 3.66. The van der Waals surface area contributed by atoms with E-state index >= 15 is 0 Å². The molecule has 23 heavy (non-hydrogen) atoms. The lowest BCUT2D eigenvalue weighted by Gasteiger charge is -2.38. The maximum absolute atomic E-state index is 12.4. The largest absolute Gasteiger partial charge is 0.441 e. The van der Waals surface area contributed by atoms with E-state index in [0.29, 0.717) is 38.8 Å². The van der Waals surface area contributed by atoms with Crippen molar-refractivity contribution in [2.24, 2.45) is 11.8 Å². The Bertz CT molecular complexity index is 452. The number of carbonyl (C=O) groups is 2. The molecule has 0 aromatic heterocycles. The van der Waals surface area contributed by atoms with Crippen LogP contribution < -0.4 is 0 Å². The molecule has 0 bridgehead atoms. The molecule has 0 aromatic carbocycles. The molecule has 6 heteroatoms. The normalized spacial score (nSPS) is 27.1. The highest BCUT2D eigenvalue weighted by Gasteiger charge is 2.47. The van der Waals surface area contributed by atoms with Crippen LogP contribution >= 0.6 is 0 Å². The van der Waals surface area contributed by atoms with Gasteiger partial charge in [0.05, 0.1) is 19.1 Å². The molecule has 1 spiro atoms. The second-order valence-corrected chi connectivity index (χ2v) is 7.54. The zero-order chi connectivity index (χ0) is 16.4. The fourth-order valence-corrected chi connectivity index (χ4v) is 3.66. The highest BCUT2D eigenvalue weighted by molar-refractivity contribution is 5.79. The lowest BCUT2D eigenvalue weighted by atomic mass is 9.90. The molecule has 1 atom stereocenters. The number of likely N-dealkylation sites (tertiary alicyclic amines) is 1. The van der Waals surface area contributed by atoms with Crippen LogP contribution in [0.15, 0.2) is 0 Å². The van der Waals surface area contributed by atoms with Crippen molar-refractivity contribution in [2.45, 2.75) is 45.1 Å². The third-order valence-corrected chi connectivity index (χ3v) is 5.28. The maximum atomic E-state index is 12.4. The Morgan fingerprint density at radius 1 is 1.35 bits per heavy atom. The summed E-state index contributed by atoms with van der Waals surface area (Å²) >= 11 is 0. The van der Waals surface area contributed by atoms with Gasteiger partial charge in [-0.05, 0) is 18.8 Å². The van der Waals surface area contributed by atoms with Gasteiger partial charge in [-0.15, -0.1) is 0 Å². The number of amides is 2. The van der Waals surface area contributed by atoms with Crippen molar-refractivity contribution < 1.29 is 19.1 Å². The molecule has 3 heterocycles. The quantitative estimate of drug-likeness (QED) is 0.792. The summed E-state index contributed by atoms with van der Waals surface area (Å²) in [5.74, 6) is 0.809. The van der Waals surface area contributed by atoms with Gasteiger partial charge in [-0.2, -0.15) is 0 Å². The molecule has 3 rings (SSSR count). The molecule has 130 valence electrons. The molecule has 3 aliphatic heterocycles. The highest BCUT2D eigenvalue weighted by Crippen LogP contribution is 2.34. The Morgan fingerprint density at radius 3 is 2.70 bits per heavy atom. The van der Waals surface area contributed by atoms with Gasteiger partial charge in [0.15, 0.2) is 0 Å². The summed E-state index contributed by atoms with van der Waals surface area (Å²) in [6, 6.07) is 0. The zero-order valence-corrected chi connectivity index (χ0v) is 14.3. The first-order valence-electron chi connectivity index (χ1n) is 8.83. The summed E-state index contributed by atoms with van der Waals surface area (Å²) < 4.78 is 11.0. The summed E-state index contributed by atoms with van der Waals surface area (Å²) in [6.07, 6.45) is 3.14. The SMILES string of the molecule is CC(C)CCN1CC2(CCN(C(=O)[C@@H]3CCOC3)CC2)OC1=O. The molecule has 0 radical (unpaired) electrons. The van der Waals surface area contributed by atoms with Crippen LogP contribution in [0.1, 0.15) is 39.5 Å². The molecule has 6 nitrogen and oxygen atoms in total. The standard InChI is InChI=1S/C17H28N2O4/c1-13(2)3-7-19-12-17(23-16(19)21)5-8-18(9-6-17)15(20)14-4-10-22-11-14/h13-14H,3-12H2,1-2H3/t14-/m1/s1. The molecule has 0 aliphatic carbocycles. The number of piperidine rings is 1. The Kier molecular flexibility index (Phi) is 4.80. The average molecular weight is 324 g/mol.